The quantitative estimate of drug-likeness (QED) is 0.789. The highest BCUT2D eigenvalue weighted by Crippen LogP contribution is 2.27. The SMILES string of the molecule is CN(C(=O)N[C@@H]1COCC1(F)F)[C@@H](COc1ccc(Cl)cc1)c1ccncc1. The lowest BCUT2D eigenvalue weighted by molar-refractivity contribution is -0.0225. The van der Waals surface area contributed by atoms with Crippen LogP contribution < -0.4 is 10.1 Å². The molecule has 1 saturated heterocycles. The summed E-state index contributed by atoms with van der Waals surface area (Å²) in [5, 5.41) is 2.93. The van der Waals surface area contributed by atoms with Gasteiger partial charge in [0.05, 0.1) is 12.6 Å². The predicted octanol–water partition coefficient (Wildman–Crippen LogP) is 3.53. The van der Waals surface area contributed by atoms with Gasteiger partial charge in [-0.25, -0.2) is 13.6 Å². The molecule has 3 rings (SSSR count). The molecule has 0 saturated carbocycles. The van der Waals surface area contributed by atoms with Crippen LogP contribution in [-0.2, 0) is 4.74 Å². The Morgan fingerprint density at radius 2 is 2.04 bits per heavy atom. The molecular formula is C19H20ClF2N3O3. The van der Waals surface area contributed by atoms with Crippen LogP contribution in [0.25, 0.3) is 0 Å². The van der Waals surface area contributed by atoms with E-state index >= 15 is 0 Å². The Hall–Kier alpha value is -2.45. The number of amides is 2. The molecule has 28 heavy (non-hydrogen) atoms. The first-order valence-electron chi connectivity index (χ1n) is 8.64. The van der Waals surface area contributed by atoms with E-state index in [0.717, 1.165) is 5.56 Å². The highest BCUT2D eigenvalue weighted by Gasteiger charge is 2.46. The Bertz CT molecular complexity index is 793. The number of carbonyl (C=O) groups is 1. The number of hydrogen-bond donors (Lipinski definition) is 1. The van der Waals surface area contributed by atoms with Crippen LogP contribution in [0.2, 0.25) is 5.02 Å². The monoisotopic (exact) mass is 411 g/mol. The Balaban J connectivity index is 1.72. The summed E-state index contributed by atoms with van der Waals surface area (Å²) in [6.45, 7) is -0.809. The van der Waals surface area contributed by atoms with Gasteiger partial charge in [-0.15, -0.1) is 0 Å². The number of carbonyl (C=O) groups excluding carboxylic acids is 1. The molecule has 150 valence electrons. The van der Waals surface area contributed by atoms with Crippen molar-refractivity contribution in [1.29, 1.82) is 0 Å². The summed E-state index contributed by atoms with van der Waals surface area (Å²) in [4.78, 5) is 17.9. The van der Waals surface area contributed by atoms with E-state index in [1.165, 1.54) is 11.9 Å². The van der Waals surface area contributed by atoms with Gasteiger partial charge in [0.2, 0.25) is 0 Å². The second kappa shape index (κ2) is 8.70. The third kappa shape index (κ3) is 4.88. The van der Waals surface area contributed by atoms with E-state index in [4.69, 9.17) is 21.1 Å². The Morgan fingerprint density at radius 1 is 1.36 bits per heavy atom. The minimum atomic E-state index is -3.09. The molecule has 9 heteroatoms. The van der Waals surface area contributed by atoms with Crippen molar-refractivity contribution in [2.75, 3.05) is 26.9 Å². The molecule has 1 aromatic carbocycles. The van der Waals surface area contributed by atoms with Gasteiger partial charge in [-0.05, 0) is 42.0 Å². The van der Waals surface area contributed by atoms with Crippen LogP contribution in [0.15, 0.2) is 48.8 Å². The van der Waals surface area contributed by atoms with Crippen LogP contribution in [0.5, 0.6) is 5.75 Å². The molecule has 2 atom stereocenters. The van der Waals surface area contributed by atoms with Gasteiger partial charge in [-0.3, -0.25) is 4.98 Å². The van der Waals surface area contributed by atoms with E-state index in [1.54, 1.807) is 48.8 Å². The van der Waals surface area contributed by atoms with Gasteiger partial charge >= 0.3 is 6.03 Å². The van der Waals surface area contributed by atoms with E-state index in [-0.39, 0.29) is 13.2 Å². The van der Waals surface area contributed by atoms with Crippen LogP contribution in [0.4, 0.5) is 13.6 Å². The molecule has 1 aromatic heterocycles. The zero-order valence-electron chi connectivity index (χ0n) is 15.1. The highest BCUT2D eigenvalue weighted by atomic mass is 35.5. The lowest BCUT2D eigenvalue weighted by Crippen LogP contribution is -2.51. The molecule has 6 nitrogen and oxygen atoms in total. The molecular weight excluding hydrogens is 392 g/mol. The fourth-order valence-corrected chi connectivity index (χ4v) is 2.92. The third-order valence-corrected chi connectivity index (χ3v) is 4.74. The minimum Gasteiger partial charge on any atom is -0.491 e. The molecule has 1 aliphatic heterocycles. The van der Waals surface area contributed by atoms with Gasteiger partial charge in [-0.2, -0.15) is 0 Å². The Kier molecular flexibility index (Phi) is 6.31. The summed E-state index contributed by atoms with van der Waals surface area (Å²) < 4.78 is 38.1. The van der Waals surface area contributed by atoms with E-state index in [9.17, 15) is 13.6 Å². The second-order valence-corrected chi connectivity index (χ2v) is 6.89. The van der Waals surface area contributed by atoms with E-state index in [0.29, 0.717) is 10.8 Å². The lowest BCUT2D eigenvalue weighted by atomic mass is 10.1. The Morgan fingerprint density at radius 3 is 2.64 bits per heavy atom. The number of halogens is 3. The fourth-order valence-electron chi connectivity index (χ4n) is 2.80. The molecule has 0 aliphatic carbocycles. The molecule has 0 unspecified atom stereocenters. The molecule has 0 bridgehead atoms. The van der Waals surface area contributed by atoms with Gasteiger partial charge in [0.25, 0.3) is 5.92 Å². The van der Waals surface area contributed by atoms with Gasteiger partial charge in [0.1, 0.15) is 25.0 Å². The van der Waals surface area contributed by atoms with Crippen molar-refractivity contribution >= 4 is 17.6 Å². The molecule has 2 aromatic rings. The number of nitrogens with zero attached hydrogens (tertiary/aromatic N) is 2. The highest BCUT2D eigenvalue weighted by molar-refractivity contribution is 6.30. The van der Waals surface area contributed by atoms with Crippen LogP contribution >= 0.6 is 11.6 Å². The maximum atomic E-state index is 13.8. The van der Waals surface area contributed by atoms with Crippen molar-refractivity contribution in [3.63, 3.8) is 0 Å². The first-order chi connectivity index (χ1) is 13.4. The van der Waals surface area contributed by atoms with Gasteiger partial charge in [0.15, 0.2) is 0 Å². The molecule has 2 heterocycles. The number of nitrogens with one attached hydrogen (secondary N) is 1. The fraction of sp³-hybridized carbons (Fsp3) is 0.368. The average Bonchev–Trinajstić information content (AvgIpc) is 3.02. The normalized spacial score (nSPS) is 19.1. The number of pyridine rings is 1. The molecule has 1 N–H and O–H groups in total. The third-order valence-electron chi connectivity index (χ3n) is 4.49. The van der Waals surface area contributed by atoms with Crippen LogP contribution in [0, 0.1) is 0 Å². The molecule has 0 spiro atoms. The summed E-state index contributed by atoms with van der Waals surface area (Å²) in [6.07, 6.45) is 3.19. The van der Waals surface area contributed by atoms with Gasteiger partial charge in [0, 0.05) is 24.5 Å². The van der Waals surface area contributed by atoms with Crippen LogP contribution in [0.1, 0.15) is 11.6 Å². The summed E-state index contributed by atoms with van der Waals surface area (Å²) >= 11 is 5.87. The van der Waals surface area contributed by atoms with Crippen molar-refractivity contribution < 1.29 is 23.0 Å². The first-order valence-corrected chi connectivity index (χ1v) is 9.02. The smallest absolute Gasteiger partial charge is 0.318 e. The second-order valence-electron chi connectivity index (χ2n) is 6.45. The molecule has 1 aliphatic rings. The zero-order valence-corrected chi connectivity index (χ0v) is 15.9. The topological polar surface area (TPSA) is 63.7 Å². The number of likely N-dealkylation sites (N-methyl/N-ethyl adjacent to an activating group) is 1. The summed E-state index contributed by atoms with van der Waals surface area (Å²) in [6, 6.07) is 7.77. The molecule has 1 fully saturated rings. The number of benzene rings is 1. The van der Waals surface area contributed by atoms with Crippen molar-refractivity contribution in [3.8, 4) is 5.75 Å². The summed E-state index contributed by atoms with van der Waals surface area (Å²) in [5.74, 6) is -2.52. The average molecular weight is 412 g/mol. The molecule has 0 radical (unpaired) electrons. The van der Waals surface area contributed by atoms with Crippen LogP contribution in [-0.4, -0.2) is 54.7 Å². The van der Waals surface area contributed by atoms with E-state index in [2.05, 4.69) is 10.3 Å². The lowest BCUT2D eigenvalue weighted by Gasteiger charge is -2.30. The number of rotatable bonds is 6. The van der Waals surface area contributed by atoms with Crippen molar-refractivity contribution in [3.05, 3.63) is 59.4 Å². The number of aromatic nitrogens is 1. The maximum absolute atomic E-state index is 13.8. The van der Waals surface area contributed by atoms with Crippen molar-refractivity contribution in [1.82, 2.24) is 15.2 Å². The summed E-state index contributed by atoms with van der Waals surface area (Å²) in [5.41, 5.74) is 0.760. The number of hydrogen-bond acceptors (Lipinski definition) is 4. The van der Waals surface area contributed by atoms with Gasteiger partial charge in [-0.1, -0.05) is 11.6 Å². The number of alkyl halides is 2. The predicted molar refractivity (Wildman–Crippen MR) is 99.8 cm³/mol. The minimum absolute atomic E-state index is 0.118. The largest absolute Gasteiger partial charge is 0.491 e. The van der Waals surface area contributed by atoms with Crippen LogP contribution in [0.3, 0.4) is 0 Å². The van der Waals surface area contributed by atoms with E-state index < -0.39 is 30.6 Å². The maximum Gasteiger partial charge on any atom is 0.318 e. The standard InChI is InChI=1S/C19H20ClF2N3O3/c1-25(18(26)24-17-11-27-12-19(17,21)22)16(13-6-8-23-9-7-13)10-28-15-4-2-14(20)3-5-15/h2-9,16-17H,10-12H2,1H3,(H,24,26)/t16-,17+/m0/s1. The van der Waals surface area contributed by atoms with E-state index in [1.807, 2.05) is 0 Å². The van der Waals surface area contributed by atoms with Gasteiger partial charge < -0.3 is 19.7 Å². The zero-order chi connectivity index (χ0) is 20.1. The number of urea groups is 1. The molecule has 2 amide bonds. The number of ether oxygens (including phenoxy) is 2. The Labute approximate surface area is 166 Å². The summed E-state index contributed by atoms with van der Waals surface area (Å²) in [7, 11) is 1.53. The van der Waals surface area contributed by atoms with Crippen molar-refractivity contribution in [2.24, 2.45) is 0 Å². The van der Waals surface area contributed by atoms with Crippen molar-refractivity contribution in [2.45, 2.75) is 18.0 Å². The first kappa shape index (κ1) is 20.3.